The molecule has 14 heavy (non-hydrogen) atoms. The highest BCUT2D eigenvalue weighted by Gasteiger charge is 1.95. The maximum Gasteiger partial charge on any atom is 0.243 e. The first-order valence-electron chi connectivity index (χ1n) is 4.90. The summed E-state index contributed by atoms with van der Waals surface area (Å²) in [7, 11) is 0. The third-order valence-corrected chi connectivity index (χ3v) is 1.46. The van der Waals surface area contributed by atoms with Crippen molar-refractivity contribution in [1.29, 1.82) is 0 Å². The molecule has 2 nitrogen and oxygen atoms in total. The highest BCUT2D eigenvalue weighted by Crippen LogP contribution is 1.87. The van der Waals surface area contributed by atoms with Crippen molar-refractivity contribution in [2.45, 2.75) is 20.8 Å². The maximum absolute atomic E-state index is 11.1. The van der Waals surface area contributed by atoms with Gasteiger partial charge in [0.05, 0.1) is 0 Å². The van der Waals surface area contributed by atoms with E-state index in [2.05, 4.69) is 19.2 Å². The van der Waals surface area contributed by atoms with Crippen molar-refractivity contribution in [2.24, 2.45) is 5.92 Å². The van der Waals surface area contributed by atoms with E-state index >= 15 is 0 Å². The summed E-state index contributed by atoms with van der Waals surface area (Å²) in [6.07, 6.45) is 10.8. The smallest absolute Gasteiger partial charge is 0.243 e. The Labute approximate surface area is 86.4 Å². The van der Waals surface area contributed by atoms with Crippen LogP contribution in [0, 0.1) is 5.92 Å². The van der Waals surface area contributed by atoms with Gasteiger partial charge >= 0.3 is 0 Å². The molecule has 0 aliphatic rings. The van der Waals surface area contributed by atoms with E-state index in [-0.39, 0.29) is 5.91 Å². The fraction of sp³-hybridized carbons (Fsp3) is 0.417. The molecule has 0 aliphatic heterocycles. The maximum atomic E-state index is 11.1. The normalized spacial score (nSPS) is 12.3. The zero-order valence-electron chi connectivity index (χ0n) is 9.16. The van der Waals surface area contributed by atoms with Gasteiger partial charge in [0.1, 0.15) is 0 Å². The summed E-state index contributed by atoms with van der Waals surface area (Å²) in [5.41, 5.74) is 0. The van der Waals surface area contributed by atoms with E-state index in [1.165, 1.54) is 6.08 Å². The lowest BCUT2D eigenvalue weighted by molar-refractivity contribution is -0.116. The molecule has 2 heteroatoms. The SMILES string of the molecule is C/C=C/C=C/C=C/C(=O)NCC(C)C. The lowest BCUT2D eigenvalue weighted by Gasteiger charge is -2.03. The molecule has 1 amide bonds. The average molecular weight is 193 g/mol. The number of allylic oxidation sites excluding steroid dienone is 5. The van der Waals surface area contributed by atoms with Crippen molar-refractivity contribution >= 4 is 5.91 Å². The molecule has 1 N–H and O–H groups in total. The summed E-state index contributed by atoms with van der Waals surface area (Å²) < 4.78 is 0. The Hall–Kier alpha value is -1.31. The molecule has 0 aromatic carbocycles. The zero-order valence-corrected chi connectivity index (χ0v) is 9.16. The molecule has 0 atom stereocenters. The van der Waals surface area contributed by atoms with Crippen LogP contribution in [0.25, 0.3) is 0 Å². The highest BCUT2D eigenvalue weighted by molar-refractivity contribution is 5.87. The summed E-state index contributed by atoms with van der Waals surface area (Å²) in [4.78, 5) is 11.1. The second-order valence-electron chi connectivity index (χ2n) is 3.41. The Morgan fingerprint density at radius 1 is 1.21 bits per heavy atom. The van der Waals surface area contributed by atoms with Crippen molar-refractivity contribution in [3.05, 3.63) is 36.5 Å². The van der Waals surface area contributed by atoms with Gasteiger partial charge in [0.2, 0.25) is 5.91 Å². The first-order valence-corrected chi connectivity index (χ1v) is 4.90. The zero-order chi connectivity index (χ0) is 10.8. The van der Waals surface area contributed by atoms with Crippen LogP contribution in [0.15, 0.2) is 36.5 Å². The van der Waals surface area contributed by atoms with Crippen molar-refractivity contribution in [3.8, 4) is 0 Å². The Bertz CT molecular complexity index is 237. The van der Waals surface area contributed by atoms with Crippen molar-refractivity contribution in [2.75, 3.05) is 6.54 Å². The van der Waals surface area contributed by atoms with E-state index in [0.29, 0.717) is 5.92 Å². The number of hydrogen-bond donors (Lipinski definition) is 1. The quantitative estimate of drug-likeness (QED) is 0.527. The van der Waals surface area contributed by atoms with Gasteiger partial charge in [-0.1, -0.05) is 44.2 Å². The lowest BCUT2D eigenvalue weighted by atomic mass is 10.2. The number of amides is 1. The fourth-order valence-electron chi connectivity index (χ4n) is 0.746. The summed E-state index contributed by atoms with van der Waals surface area (Å²) in [6, 6.07) is 0. The minimum Gasteiger partial charge on any atom is -0.352 e. The number of rotatable bonds is 5. The molecule has 0 radical (unpaired) electrons. The Kier molecular flexibility index (Phi) is 7.52. The summed E-state index contributed by atoms with van der Waals surface area (Å²) in [5, 5.41) is 2.80. The topological polar surface area (TPSA) is 29.1 Å². The van der Waals surface area contributed by atoms with Crippen molar-refractivity contribution in [1.82, 2.24) is 5.32 Å². The third kappa shape index (κ3) is 8.78. The predicted octanol–water partition coefficient (Wildman–Crippen LogP) is 2.45. The van der Waals surface area contributed by atoms with E-state index in [0.717, 1.165) is 6.54 Å². The standard InChI is InChI=1S/C12H19NO/c1-4-5-6-7-8-9-12(14)13-10-11(2)3/h4-9,11H,10H2,1-3H3,(H,13,14)/b5-4+,7-6+,9-8+. The molecule has 0 aromatic rings. The van der Waals surface area contributed by atoms with Crippen LogP contribution in [0.5, 0.6) is 0 Å². The second kappa shape index (κ2) is 8.30. The number of nitrogens with one attached hydrogen (secondary N) is 1. The summed E-state index contributed by atoms with van der Waals surface area (Å²) in [5.74, 6) is 0.453. The minimum atomic E-state index is -0.0381. The van der Waals surface area contributed by atoms with E-state index < -0.39 is 0 Å². The van der Waals surface area contributed by atoms with Gasteiger partial charge in [-0.2, -0.15) is 0 Å². The van der Waals surface area contributed by atoms with E-state index in [1.54, 1.807) is 6.08 Å². The largest absolute Gasteiger partial charge is 0.352 e. The van der Waals surface area contributed by atoms with Crippen LogP contribution in [0.3, 0.4) is 0 Å². The molecule has 0 bridgehead atoms. The number of hydrogen-bond acceptors (Lipinski definition) is 1. The Balaban J connectivity index is 3.71. The van der Waals surface area contributed by atoms with E-state index in [9.17, 15) is 4.79 Å². The van der Waals surface area contributed by atoms with Gasteiger partial charge in [-0.3, -0.25) is 4.79 Å². The number of carbonyl (C=O) groups excluding carboxylic acids is 1. The van der Waals surface area contributed by atoms with Gasteiger partial charge in [0.25, 0.3) is 0 Å². The van der Waals surface area contributed by atoms with Crippen LogP contribution in [0.1, 0.15) is 20.8 Å². The highest BCUT2D eigenvalue weighted by atomic mass is 16.1. The monoisotopic (exact) mass is 193 g/mol. The average Bonchev–Trinajstić information content (AvgIpc) is 2.14. The summed E-state index contributed by atoms with van der Waals surface area (Å²) >= 11 is 0. The summed E-state index contributed by atoms with van der Waals surface area (Å²) in [6.45, 7) is 6.80. The van der Waals surface area contributed by atoms with Crippen LogP contribution in [0.2, 0.25) is 0 Å². The van der Waals surface area contributed by atoms with Crippen LogP contribution in [-0.4, -0.2) is 12.5 Å². The molecule has 0 saturated heterocycles. The van der Waals surface area contributed by atoms with Crippen LogP contribution in [0.4, 0.5) is 0 Å². The van der Waals surface area contributed by atoms with Gasteiger partial charge in [0, 0.05) is 12.6 Å². The van der Waals surface area contributed by atoms with Crippen LogP contribution in [-0.2, 0) is 4.79 Å². The molecule has 0 unspecified atom stereocenters. The molecule has 0 spiro atoms. The van der Waals surface area contributed by atoms with Gasteiger partial charge < -0.3 is 5.32 Å². The number of carbonyl (C=O) groups is 1. The van der Waals surface area contributed by atoms with Gasteiger partial charge in [-0.05, 0) is 12.8 Å². The first-order chi connectivity index (χ1) is 6.66. The van der Waals surface area contributed by atoms with Gasteiger partial charge in [-0.25, -0.2) is 0 Å². The van der Waals surface area contributed by atoms with Gasteiger partial charge in [0.15, 0.2) is 0 Å². The van der Waals surface area contributed by atoms with E-state index in [4.69, 9.17) is 0 Å². The first kappa shape index (κ1) is 12.7. The minimum absolute atomic E-state index is 0.0381. The molecule has 0 rings (SSSR count). The Morgan fingerprint density at radius 2 is 1.86 bits per heavy atom. The second-order valence-corrected chi connectivity index (χ2v) is 3.41. The molecule has 0 heterocycles. The molecule has 0 fully saturated rings. The molecule has 78 valence electrons. The molecular weight excluding hydrogens is 174 g/mol. The van der Waals surface area contributed by atoms with E-state index in [1.807, 2.05) is 31.2 Å². The van der Waals surface area contributed by atoms with Crippen molar-refractivity contribution < 1.29 is 4.79 Å². The predicted molar refractivity (Wildman–Crippen MR) is 60.9 cm³/mol. The van der Waals surface area contributed by atoms with Crippen molar-refractivity contribution in [3.63, 3.8) is 0 Å². The van der Waals surface area contributed by atoms with Crippen LogP contribution < -0.4 is 5.32 Å². The molecular formula is C12H19NO. The van der Waals surface area contributed by atoms with Crippen LogP contribution >= 0.6 is 0 Å². The molecule has 0 aliphatic carbocycles. The Morgan fingerprint density at radius 3 is 2.43 bits per heavy atom. The third-order valence-electron chi connectivity index (χ3n) is 1.46. The molecule has 0 aromatic heterocycles. The molecule has 0 saturated carbocycles. The fourth-order valence-corrected chi connectivity index (χ4v) is 0.746. The van der Waals surface area contributed by atoms with Gasteiger partial charge in [-0.15, -0.1) is 0 Å². The lowest BCUT2D eigenvalue weighted by Crippen LogP contribution is -2.25.